The van der Waals surface area contributed by atoms with Crippen molar-refractivity contribution < 1.29 is 60.4 Å². The third-order valence-corrected chi connectivity index (χ3v) is 4.93. The van der Waals surface area contributed by atoms with Crippen LogP contribution in [0.5, 0.6) is 11.5 Å². The maximum Gasteiger partial charge on any atom is 0.490 e. The van der Waals surface area contributed by atoms with Crippen LogP contribution in [-0.4, -0.2) is 90.0 Å². The van der Waals surface area contributed by atoms with Crippen molar-refractivity contribution in [2.45, 2.75) is 18.9 Å². The summed E-state index contributed by atoms with van der Waals surface area (Å²) in [4.78, 5) is 32.3. The molecule has 0 aliphatic rings. The van der Waals surface area contributed by atoms with E-state index in [2.05, 4.69) is 20.8 Å². The monoisotopic (exact) mass is 637 g/mol. The SMILES string of the molecule is COc1cccc(CNC(=O)Nc2ccc(-c3cn[nH]c3)cc2OCCN(C)C)c1.O=C(O)C(F)(F)F.O=C(O)C(F)(F)F. The van der Waals surface area contributed by atoms with Crippen LogP contribution in [0.2, 0.25) is 0 Å². The van der Waals surface area contributed by atoms with E-state index >= 15 is 0 Å². The summed E-state index contributed by atoms with van der Waals surface area (Å²) in [6.45, 7) is 1.65. The molecule has 242 valence electrons. The Morgan fingerprint density at radius 2 is 1.57 bits per heavy atom. The molecule has 2 amide bonds. The highest BCUT2D eigenvalue weighted by molar-refractivity contribution is 5.91. The van der Waals surface area contributed by atoms with E-state index in [-0.39, 0.29) is 6.03 Å². The number of aliphatic carboxylic acids is 2. The lowest BCUT2D eigenvalue weighted by molar-refractivity contribution is -0.193. The molecule has 0 saturated carbocycles. The highest BCUT2D eigenvalue weighted by Crippen LogP contribution is 2.31. The molecule has 0 unspecified atom stereocenters. The molecule has 0 radical (unpaired) electrons. The molecule has 0 spiro atoms. The number of aromatic amines is 1. The molecule has 3 rings (SSSR count). The number of benzene rings is 2. The first-order valence-corrected chi connectivity index (χ1v) is 12.1. The van der Waals surface area contributed by atoms with Crippen molar-refractivity contribution in [2.24, 2.45) is 0 Å². The fourth-order valence-electron chi connectivity index (χ4n) is 2.80. The normalized spacial score (nSPS) is 10.9. The zero-order valence-electron chi connectivity index (χ0n) is 23.4. The van der Waals surface area contributed by atoms with E-state index in [1.807, 2.05) is 67.7 Å². The summed E-state index contributed by atoms with van der Waals surface area (Å²) < 4.78 is 74.6. The van der Waals surface area contributed by atoms with Gasteiger partial charge in [-0.2, -0.15) is 31.4 Å². The number of carbonyl (C=O) groups is 3. The molecule has 18 heteroatoms. The number of anilines is 1. The summed E-state index contributed by atoms with van der Waals surface area (Å²) in [7, 11) is 5.58. The number of amides is 2. The number of alkyl halides is 6. The van der Waals surface area contributed by atoms with Gasteiger partial charge in [0.05, 0.1) is 19.0 Å². The second-order valence-electron chi connectivity index (χ2n) is 8.61. The minimum atomic E-state index is -5.08. The topological polar surface area (TPSA) is 166 Å². The van der Waals surface area contributed by atoms with Gasteiger partial charge in [-0.3, -0.25) is 5.10 Å². The molecular formula is C26H29F6N5O7. The summed E-state index contributed by atoms with van der Waals surface area (Å²) >= 11 is 0. The van der Waals surface area contributed by atoms with Crippen LogP contribution in [0, 0.1) is 0 Å². The summed E-state index contributed by atoms with van der Waals surface area (Å²) in [6.07, 6.45) is -6.61. The van der Waals surface area contributed by atoms with E-state index in [1.54, 1.807) is 13.3 Å². The molecule has 1 heterocycles. The summed E-state index contributed by atoms with van der Waals surface area (Å²) in [5, 5.41) is 26.8. The molecule has 2 aromatic carbocycles. The number of ether oxygens (including phenoxy) is 2. The van der Waals surface area contributed by atoms with E-state index in [0.29, 0.717) is 24.6 Å². The van der Waals surface area contributed by atoms with Crippen molar-refractivity contribution in [3.05, 3.63) is 60.4 Å². The quantitative estimate of drug-likeness (QED) is 0.211. The first-order valence-electron chi connectivity index (χ1n) is 12.1. The Bertz CT molecular complexity index is 1330. The van der Waals surface area contributed by atoms with Gasteiger partial charge in [-0.1, -0.05) is 18.2 Å². The summed E-state index contributed by atoms with van der Waals surface area (Å²) in [5.41, 5.74) is 3.44. The Morgan fingerprint density at radius 3 is 2.07 bits per heavy atom. The predicted octanol–water partition coefficient (Wildman–Crippen LogP) is 4.61. The summed E-state index contributed by atoms with van der Waals surface area (Å²) in [6, 6.07) is 12.9. The third-order valence-electron chi connectivity index (χ3n) is 4.93. The maximum absolute atomic E-state index is 12.5. The van der Waals surface area contributed by atoms with Crippen molar-refractivity contribution in [3.8, 4) is 22.6 Å². The number of hydrogen-bond acceptors (Lipinski definition) is 7. The average Bonchev–Trinajstić information content (AvgIpc) is 3.47. The predicted molar refractivity (Wildman–Crippen MR) is 144 cm³/mol. The van der Waals surface area contributed by atoms with Gasteiger partial charge in [-0.05, 0) is 49.5 Å². The average molecular weight is 638 g/mol. The van der Waals surface area contributed by atoms with Crippen LogP contribution in [0.25, 0.3) is 11.1 Å². The number of rotatable bonds is 9. The van der Waals surface area contributed by atoms with Gasteiger partial charge in [-0.25, -0.2) is 14.4 Å². The zero-order valence-corrected chi connectivity index (χ0v) is 23.4. The largest absolute Gasteiger partial charge is 0.497 e. The van der Waals surface area contributed by atoms with Crippen molar-refractivity contribution in [1.82, 2.24) is 20.4 Å². The van der Waals surface area contributed by atoms with Crippen molar-refractivity contribution in [3.63, 3.8) is 0 Å². The van der Waals surface area contributed by atoms with Crippen LogP contribution < -0.4 is 20.1 Å². The van der Waals surface area contributed by atoms with E-state index in [9.17, 15) is 31.1 Å². The van der Waals surface area contributed by atoms with Gasteiger partial charge in [0, 0.05) is 24.8 Å². The first kappa shape index (κ1) is 37.0. The standard InChI is InChI=1S/C22H27N5O3.2C2HF3O2/c1-27(2)9-10-30-21-12-17(18-14-24-25-15-18)7-8-20(21)26-22(28)23-13-16-5-4-6-19(11-16)29-3;2*3-2(4,5)1(6)7/h4-8,11-12,14-15H,9-10,13H2,1-3H3,(H,24,25)(H2,23,26,28);2*(H,6,7). The van der Waals surface area contributed by atoms with Gasteiger partial charge in [0.15, 0.2) is 0 Å². The number of urea groups is 1. The van der Waals surface area contributed by atoms with Crippen LogP contribution in [0.3, 0.4) is 0 Å². The first-order chi connectivity index (χ1) is 20.4. The Hall–Kier alpha value is -5.00. The van der Waals surface area contributed by atoms with Crippen molar-refractivity contribution in [2.75, 3.05) is 39.7 Å². The lowest BCUT2D eigenvalue weighted by Gasteiger charge is -2.16. The number of H-pyrrole nitrogens is 1. The Balaban J connectivity index is 0.000000574. The molecule has 12 nitrogen and oxygen atoms in total. The summed E-state index contributed by atoms with van der Waals surface area (Å²) in [5.74, 6) is -4.16. The number of aromatic nitrogens is 2. The molecule has 0 aliphatic heterocycles. The minimum Gasteiger partial charge on any atom is -0.497 e. The third kappa shape index (κ3) is 14.3. The smallest absolute Gasteiger partial charge is 0.490 e. The molecule has 0 aliphatic carbocycles. The number of hydrogen-bond donors (Lipinski definition) is 5. The van der Waals surface area contributed by atoms with Gasteiger partial charge in [0.1, 0.15) is 18.1 Å². The van der Waals surface area contributed by atoms with Crippen LogP contribution >= 0.6 is 0 Å². The lowest BCUT2D eigenvalue weighted by atomic mass is 10.1. The minimum absolute atomic E-state index is 0.314. The number of nitrogens with zero attached hydrogens (tertiary/aromatic N) is 2. The molecule has 44 heavy (non-hydrogen) atoms. The molecule has 0 saturated heterocycles. The highest BCUT2D eigenvalue weighted by Gasteiger charge is 2.38. The molecule has 0 atom stereocenters. The van der Waals surface area contributed by atoms with Crippen molar-refractivity contribution in [1.29, 1.82) is 0 Å². The molecule has 5 N–H and O–H groups in total. The number of halogens is 6. The van der Waals surface area contributed by atoms with E-state index in [4.69, 9.17) is 29.3 Å². The number of carboxylic acid groups (broad SMARTS) is 2. The molecule has 3 aromatic rings. The van der Waals surface area contributed by atoms with Gasteiger partial charge in [0.25, 0.3) is 0 Å². The number of nitrogens with one attached hydrogen (secondary N) is 3. The Kier molecular flexibility index (Phi) is 14.5. The zero-order chi connectivity index (χ0) is 33.5. The number of likely N-dealkylation sites (N-methyl/N-ethyl adjacent to an activating group) is 1. The Labute approximate surface area is 246 Å². The van der Waals surface area contributed by atoms with Gasteiger partial charge in [-0.15, -0.1) is 0 Å². The molecule has 0 bridgehead atoms. The van der Waals surface area contributed by atoms with E-state index in [0.717, 1.165) is 29.0 Å². The Morgan fingerprint density at radius 1 is 0.955 bits per heavy atom. The number of carbonyl (C=O) groups excluding carboxylic acids is 1. The van der Waals surface area contributed by atoms with Crippen LogP contribution in [0.1, 0.15) is 5.56 Å². The van der Waals surface area contributed by atoms with Crippen LogP contribution in [0.4, 0.5) is 36.8 Å². The fourth-order valence-corrected chi connectivity index (χ4v) is 2.80. The van der Waals surface area contributed by atoms with Gasteiger partial charge >= 0.3 is 30.3 Å². The van der Waals surface area contributed by atoms with Gasteiger partial charge < -0.3 is 35.2 Å². The maximum atomic E-state index is 12.5. The fraction of sp³-hybridized carbons (Fsp3) is 0.308. The van der Waals surface area contributed by atoms with Crippen LogP contribution in [-0.2, 0) is 16.1 Å². The number of carboxylic acids is 2. The molecule has 0 fully saturated rings. The van der Waals surface area contributed by atoms with E-state index < -0.39 is 24.3 Å². The molecule has 1 aromatic heterocycles. The second-order valence-corrected chi connectivity index (χ2v) is 8.61. The lowest BCUT2D eigenvalue weighted by Crippen LogP contribution is -2.28. The number of methoxy groups -OCH3 is 1. The van der Waals surface area contributed by atoms with E-state index in [1.165, 1.54) is 0 Å². The van der Waals surface area contributed by atoms with Crippen LogP contribution in [0.15, 0.2) is 54.9 Å². The van der Waals surface area contributed by atoms with Gasteiger partial charge in [0.2, 0.25) is 0 Å². The van der Waals surface area contributed by atoms with Crippen molar-refractivity contribution >= 4 is 23.7 Å². The second kappa shape index (κ2) is 17.2. The highest BCUT2D eigenvalue weighted by atomic mass is 19.4. The molecular weight excluding hydrogens is 608 g/mol.